The first-order valence-electron chi connectivity index (χ1n) is 8.04. The molecule has 2 aliphatic rings. The fourth-order valence-electron chi connectivity index (χ4n) is 3.43. The number of hydrogen-bond donors (Lipinski definition) is 1. The number of pyridine rings is 1. The maximum Gasteiger partial charge on any atom is 0.0564 e. The molecule has 0 aromatic heterocycles. The van der Waals surface area contributed by atoms with E-state index < -0.39 is 0 Å². The summed E-state index contributed by atoms with van der Waals surface area (Å²) in [5, 5.41) is 2.46. The summed E-state index contributed by atoms with van der Waals surface area (Å²) in [6, 6.07) is 23.2. The van der Waals surface area contributed by atoms with E-state index in [4.69, 9.17) is 12.2 Å². The van der Waals surface area contributed by atoms with Gasteiger partial charge in [-0.3, -0.25) is 0 Å². The Labute approximate surface area is 152 Å². The summed E-state index contributed by atoms with van der Waals surface area (Å²) >= 11 is 9.99. The van der Waals surface area contributed by atoms with Crippen molar-refractivity contribution in [2.45, 2.75) is 18.4 Å². The summed E-state index contributed by atoms with van der Waals surface area (Å²) in [4.78, 5) is 0.974. The molecule has 0 radical (unpaired) electrons. The molecule has 0 unspecified atom stereocenters. The fourth-order valence-corrected chi connectivity index (χ4v) is 3.81. The number of hydrogen-bond acceptors (Lipinski definition) is 2. The minimum Gasteiger partial charge on any atom is -0.340 e. The summed E-state index contributed by atoms with van der Waals surface area (Å²) in [5.41, 5.74) is 4.84. The Hall–Kier alpha value is -2.10. The van der Waals surface area contributed by atoms with Crippen LogP contribution in [-0.2, 0) is 6.54 Å². The van der Waals surface area contributed by atoms with Crippen molar-refractivity contribution in [1.82, 2.24) is 4.57 Å². The van der Waals surface area contributed by atoms with Crippen molar-refractivity contribution in [3.8, 4) is 22.5 Å². The van der Waals surface area contributed by atoms with Gasteiger partial charge in [-0.25, -0.2) is 0 Å². The van der Waals surface area contributed by atoms with Gasteiger partial charge >= 0.3 is 0 Å². The normalized spacial score (nSPS) is 11.2. The van der Waals surface area contributed by atoms with Crippen molar-refractivity contribution in [2.24, 2.45) is 0 Å². The number of thiol groups is 1. The van der Waals surface area contributed by atoms with Crippen LogP contribution in [0.5, 0.6) is 0 Å². The Morgan fingerprint density at radius 2 is 1.71 bits per heavy atom. The van der Waals surface area contributed by atoms with Crippen molar-refractivity contribution in [1.29, 1.82) is 0 Å². The largest absolute Gasteiger partial charge is 0.340 e. The molecule has 0 amide bonds. The van der Waals surface area contributed by atoms with Gasteiger partial charge in [0.2, 0.25) is 0 Å². The second-order valence-electron chi connectivity index (χ2n) is 5.87. The Kier molecular flexibility index (Phi) is 3.91. The van der Waals surface area contributed by atoms with Gasteiger partial charge in [-0.15, -0.1) is 12.6 Å². The minimum atomic E-state index is 0.869. The van der Waals surface area contributed by atoms with E-state index in [2.05, 4.69) is 84.8 Å². The van der Waals surface area contributed by atoms with Crippen molar-refractivity contribution in [3.63, 3.8) is 0 Å². The molecule has 4 rings (SSSR count). The lowest BCUT2D eigenvalue weighted by Crippen LogP contribution is -2.07. The summed E-state index contributed by atoms with van der Waals surface area (Å²) < 4.78 is 3.23. The first-order chi connectivity index (χ1) is 11.7. The predicted octanol–water partition coefficient (Wildman–Crippen LogP) is 6.45. The Balaban J connectivity index is 2.28. The van der Waals surface area contributed by atoms with Gasteiger partial charge in [0.25, 0.3) is 0 Å². The smallest absolute Gasteiger partial charge is 0.0564 e. The second kappa shape index (κ2) is 6.08. The van der Waals surface area contributed by atoms with Gasteiger partial charge in [0.1, 0.15) is 0 Å². The van der Waals surface area contributed by atoms with Gasteiger partial charge in [0, 0.05) is 26.9 Å². The minimum absolute atomic E-state index is 0.869. The van der Waals surface area contributed by atoms with Crippen LogP contribution in [0.25, 0.3) is 33.3 Å². The SMILES string of the molecule is CCn1c2cc(=S)ccc-2c2ccc(S)cc2c1-c1ccccc1. The van der Waals surface area contributed by atoms with E-state index in [-0.39, 0.29) is 0 Å². The van der Waals surface area contributed by atoms with Crippen LogP contribution < -0.4 is 0 Å². The topological polar surface area (TPSA) is 4.93 Å². The predicted molar refractivity (Wildman–Crippen MR) is 108 cm³/mol. The first-order valence-corrected chi connectivity index (χ1v) is 8.89. The Morgan fingerprint density at radius 1 is 0.917 bits per heavy atom. The van der Waals surface area contributed by atoms with Crippen LogP contribution in [0.2, 0.25) is 0 Å². The maximum absolute atomic E-state index is 5.42. The highest BCUT2D eigenvalue weighted by molar-refractivity contribution is 7.80. The van der Waals surface area contributed by atoms with Crippen LogP contribution >= 0.6 is 24.8 Å². The van der Waals surface area contributed by atoms with E-state index in [1.807, 2.05) is 6.07 Å². The van der Waals surface area contributed by atoms with Crippen LogP contribution in [0.3, 0.4) is 0 Å². The zero-order valence-electron chi connectivity index (χ0n) is 13.4. The quantitative estimate of drug-likeness (QED) is 0.248. The molecule has 0 N–H and O–H groups in total. The molecule has 2 aromatic rings. The summed E-state index contributed by atoms with van der Waals surface area (Å²) in [5.74, 6) is 0. The highest BCUT2D eigenvalue weighted by atomic mass is 32.1. The van der Waals surface area contributed by atoms with Crippen molar-refractivity contribution >= 4 is 35.6 Å². The maximum atomic E-state index is 5.42. The molecule has 0 saturated heterocycles. The molecule has 24 heavy (non-hydrogen) atoms. The third-order valence-corrected chi connectivity index (χ3v) is 4.97. The lowest BCUT2D eigenvalue weighted by atomic mass is 9.95. The highest BCUT2D eigenvalue weighted by Crippen LogP contribution is 2.39. The molecule has 0 saturated carbocycles. The molecule has 2 aromatic carbocycles. The van der Waals surface area contributed by atoms with E-state index >= 15 is 0 Å². The molecule has 118 valence electrons. The van der Waals surface area contributed by atoms with Crippen LogP contribution in [0.1, 0.15) is 6.92 Å². The van der Waals surface area contributed by atoms with E-state index in [9.17, 15) is 0 Å². The van der Waals surface area contributed by atoms with Gasteiger partial charge in [0.05, 0.1) is 11.4 Å². The van der Waals surface area contributed by atoms with Crippen molar-refractivity contribution < 1.29 is 0 Å². The number of aromatic nitrogens is 1. The molecule has 3 heteroatoms. The average molecular weight is 348 g/mol. The van der Waals surface area contributed by atoms with Crippen molar-refractivity contribution in [3.05, 3.63) is 71.2 Å². The first kappa shape index (κ1) is 15.4. The summed E-state index contributed by atoms with van der Waals surface area (Å²) in [7, 11) is 0. The number of benzene rings is 3. The van der Waals surface area contributed by atoms with Crippen LogP contribution in [0, 0.1) is 4.51 Å². The van der Waals surface area contributed by atoms with Gasteiger partial charge in [-0.1, -0.05) is 54.7 Å². The molecule has 1 heterocycles. The Morgan fingerprint density at radius 3 is 2.46 bits per heavy atom. The monoisotopic (exact) mass is 347 g/mol. The molecule has 1 nitrogen and oxygen atoms in total. The molecule has 0 bridgehead atoms. The lowest BCUT2D eigenvalue weighted by Gasteiger charge is -2.23. The number of fused-ring (bicyclic) bond motifs is 3. The van der Waals surface area contributed by atoms with Crippen LogP contribution in [-0.4, -0.2) is 4.57 Å². The zero-order chi connectivity index (χ0) is 16.7. The van der Waals surface area contributed by atoms with Gasteiger partial charge < -0.3 is 4.57 Å². The van der Waals surface area contributed by atoms with E-state index in [0.29, 0.717) is 0 Å². The standard InChI is InChI=1S/C21H17NS2/c1-2-22-20-13-16(24)9-11-18(20)17-10-8-15(23)12-19(17)21(22)14-6-4-3-5-7-14/h3-13,23H,2H2,1H3. The number of rotatable bonds is 2. The third-order valence-electron chi connectivity index (χ3n) is 4.44. The van der Waals surface area contributed by atoms with Gasteiger partial charge in [0.15, 0.2) is 0 Å². The lowest BCUT2D eigenvalue weighted by molar-refractivity contribution is 0.777. The van der Waals surface area contributed by atoms with Crippen LogP contribution in [0.15, 0.2) is 71.6 Å². The average Bonchev–Trinajstić information content (AvgIpc) is 2.61. The zero-order valence-corrected chi connectivity index (χ0v) is 15.1. The van der Waals surface area contributed by atoms with E-state index in [1.54, 1.807) is 0 Å². The van der Waals surface area contributed by atoms with Gasteiger partial charge in [-0.2, -0.15) is 0 Å². The molecular weight excluding hydrogens is 330 g/mol. The third kappa shape index (κ3) is 2.45. The van der Waals surface area contributed by atoms with E-state index in [0.717, 1.165) is 16.0 Å². The Bertz CT molecular complexity index is 1060. The number of nitrogens with zero attached hydrogens (tertiary/aromatic N) is 1. The molecular formula is C21H17NS2. The molecule has 0 fully saturated rings. The summed E-state index contributed by atoms with van der Waals surface area (Å²) in [6.07, 6.45) is 0. The molecule has 1 aliphatic carbocycles. The molecule has 0 atom stereocenters. The van der Waals surface area contributed by atoms with Gasteiger partial charge in [-0.05, 0) is 42.1 Å². The van der Waals surface area contributed by atoms with Crippen molar-refractivity contribution in [2.75, 3.05) is 0 Å². The fraction of sp³-hybridized carbons (Fsp3) is 0.0952. The van der Waals surface area contributed by atoms with Crippen LogP contribution in [0.4, 0.5) is 0 Å². The highest BCUT2D eigenvalue weighted by Gasteiger charge is 2.17. The second-order valence-corrected chi connectivity index (χ2v) is 6.86. The van der Waals surface area contributed by atoms with E-state index in [1.165, 1.54) is 33.3 Å². The summed E-state index contributed by atoms with van der Waals surface area (Å²) in [6.45, 7) is 3.06. The molecule has 0 spiro atoms. The molecule has 1 aliphatic heterocycles.